The first-order valence-corrected chi connectivity index (χ1v) is 5.69. The monoisotopic (exact) mass is 240 g/mol. The van der Waals surface area contributed by atoms with Gasteiger partial charge in [0.05, 0.1) is 0 Å². The normalized spacial score (nSPS) is 13.4. The molecule has 0 aromatic heterocycles. The van der Waals surface area contributed by atoms with Gasteiger partial charge >= 0.3 is 0 Å². The van der Waals surface area contributed by atoms with Crippen molar-refractivity contribution in [1.82, 2.24) is 0 Å². The molecule has 0 radical (unpaired) electrons. The first-order chi connectivity index (χ1) is 8.74. The maximum atomic E-state index is 9.84. The molecule has 0 unspecified atom stereocenters. The summed E-state index contributed by atoms with van der Waals surface area (Å²) in [6, 6.07) is 12.3. The molecule has 0 spiro atoms. The number of rotatable bonds is 1. The van der Waals surface area contributed by atoms with Crippen molar-refractivity contribution in [2.75, 3.05) is 6.61 Å². The fourth-order valence-corrected chi connectivity index (χ4v) is 2.06. The second-order valence-electron chi connectivity index (χ2n) is 4.20. The van der Waals surface area contributed by atoms with Crippen LogP contribution in [0.2, 0.25) is 0 Å². The van der Waals surface area contributed by atoms with Crippen LogP contribution in [0, 0.1) is 0 Å². The van der Waals surface area contributed by atoms with Gasteiger partial charge in [-0.1, -0.05) is 18.2 Å². The van der Waals surface area contributed by atoms with Crippen LogP contribution < -0.4 is 4.74 Å². The number of ether oxygens (including phenoxy) is 1. The number of fused-ring (bicyclic) bond motifs is 1. The highest BCUT2D eigenvalue weighted by Gasteiger charge is 2.15. The fourth-order valence-electron chi connectivity index (χ4n) is 2.06. The van der Waals surface area contributed by atoms with Gasteiger partial charge in [0.15, 0.2) is 0 Å². The highest BCUT2D eigenvalue weighted by molar-refractivity contribution is 5.87. The molecule has 18 heavy (non-hydrogen) atoms. The molecule has 0 saturated heterocycles. The average molecular weight is 240 g/mol. The quantitative estimate of drug-likeness (QED) is 0.805. The molecule has 2 aromatic rings. The lowest BCUT2D eigenvalue weighted by molar-refractivity contribution is 0.364. The summed E-state index contributed by atoms with van der Waals surface area (Å²) < 4.78 is 5.63. The third-order valence-corrected chi connectivity index (χ3v) is 2.96. The minimum Gasteiger partial charge on any atom is -0.508 e. The van der Waals surface area contributed by atoms with Crippen molar-refractivity contribution in [2.45, 2.75) is 0 Å². The van der Waals surface area contributed by atoms with Crippen LogP contribution in [-0.2, 0) is 0 Å². The van der Waals surface area contributed by atoms with E-state index in [2.05, 4.69) is 0 Å². The number of benzene rings is 2. The molecule has 3 nitrogen and oxygen atoms in total. The number of phenolic OH excluding ortho intramolecular Hbond substituents is 2. The van der Waals surface area contributed by atoms with Crippen molar-refractivity contribution < 1.29 is 14.9 Å². The molecule has 0 fully saturated rings. The Morgan fingerprint density at radius 3 is 2.67 bits per heavy atom. The van der Waals surface area contributed by atoms with E-state index >= 15 is 0 Å². The van der Waals surface area contributed by atoms with E-state index in [-0.39, 0.29) is 11.5 Å². The minimum atomic E-state index is 0.0500. The van der Waals surface area contributed by atoms with Crippen molar-refractivity contribution in [3.63, 3.8) is 0 Å². The first kappa shape index (κ1) is 10.7. The van der Waals surface area contributed by atoms with E-state index in [4.69, 9.17) is 4.74 Å². The summed E-state index contributed by atoms with van der Waals surface area (Å²) in [4.78, 5) is 0. The zero-order valence-electron chi connectivity index (χ0n) is 9.63. The summed E-state index contributed by atoms with van der Waals surface area (Å²) in [6.07, 6.45) is 1.99. The topological polar surface area (TPSA) is 49.7 Å². The summed E-state index contributed by atoms with van der Waals surface area (Å²) >= 11 is 0. The molecule has 0 bridgehead atoms. The second kappa shape index (κ2) is 4.11. The summed E-state index contributed by atoms with van der Waals surface area (Å²) in [5, 5.41) is 19.1. The Balaban J connectivity index is 2.06. The van der Waals surface area contributed by atoms with Gasteiger partial charge in [-0.3, -0.25) is 0 Å². The van der Waals surface area contributed by atoms with E-state index in [1.165, 1.54) is 6.07 Å². The van der Waals surface area contributed by atoms with Crippen LogP contribution in [0.15, 0.2) is 42.5 Å². The van der Waals surface area contributed by atoms with E-state index < -0.39 is 0 Å². The van der Waals surface area contributed by atoms with Gasteiger partial charge in [0, 0.05) is 22.8 Å². The van der Waals surface area contributed by atoms with Gasteiger partial charge < -0.3 is 14.9 Å². The maximum absolute atomic E-state index is 9.84. The highest BCUT2D eigenvalue weighted by Crippen LogP contribution is 2.34. The Kier molecular flexibility index (Phi) is 2.45. The molecule has 0 atom stereocenters. The molecule has 3 heteroatoms. The summed E-state index contributed by atoms with van der Waals surface area (Å²) in [6.45, 7) is 0.412. The molecule has 1 aliphatic rings. The predicted molar refractivity (Wildman–Crippen MR) is 69.6 cm³/mol. The molecule has 1 aliphatic heterocycles. The Labute approximate surface area is 105 Å². The largest absolute Gasteiger partial charge is 0.508 e. The molecule has 90 valence electrons. The molecule has 3 rings (SSSR count). The minimum absolute atomic E-state index is 0.0500. The van der Waals surface area contributed by atoms with Gasteiger partial charge in [0.25, 0.3) is 0 Å². The van der Waals surface area contributed by atoms with Crippen molar-refractivity contribution in [1.29, 1.82) is 0 Å². The van der Waals surface area contributed by atoms with Crippen molar-refractivity contribution in [2.24, 2.45) is 0 Å². The fraction of sp³-hybridized carbons (Fsp3) is 0.0667. The lowest BCUT2D eigenvalue weighted by atomic mass is 10.00. The molecular weight excluding hydrogens is 228 g/mol. The van der Waals surface area contributed by atoms with E-state index in [0.717, 1.165) is 16.9 Å². The second-order valence-corrected chi connectivity index (χ2v) is 4.20. The van der Waals surface area contributed by atoms with E-state index in [9.17, 15) is 10.2 Å². The van der Waals surface area contributed by atoms with E-state index in [1.54, 1.807) is 12.1 Å². The highest BCUT2D eigenvalue weighted by atomic mass is 16.5. The number of hydrogen-bond acceptors (Lipinski definition) is 3. The maximum Gasteiger partial charge on any atom is 0.127 e. The smallest absolute Gasteiger partial charge is 0.127 e. The van der Waals surface area contributed by atoms with Crippen LogP contribution in [0.1, 0.15) is 11.1 Å². The summed E-state index contributed by atoms with van der Waals surface area (Å²) in [5.74, 6) is 0.956. The summed E-state index contributed by atoms with van der Waals surface area (Å²) in [7, 11) is 0. The number of phenols is 2. The third-order valence-electron chi connectivity index (χ3n) is 2.96. The molecule has 1 heterocycles. The van der Waals surface area contributed by atoms with Crippen molar-refractivity contribution in [3.05, 3.63) is 53.6 Å². The Hall–Kier alpha value is -2.42. The third kappa shape index (κ3) is 1.80. The Morgan fingerprint density at radius 1 is 1.00 bits per heavy atom. The molecule has 2 aromatic carbocycles. The zero-order valence-corrected chi connectivity index (χ0v) is 9.63. The van der Waals surface area contributed by atoms with Gasteiger partial charge in [-0.05, 0) is 24.3 Å². The number of para-hydroxylation sites is 1. The van der Waals surface area contributed by atoms with E-state index in [0.29, 0.717) is 12.2 Å². The molecule has 0 amide bonds. The Bertz CT molecular complexity index is 629. The van der Waals surface area contributed by atoms with Gasteiger partial charge in [-0.25, -0.2) is 0 Å². The van der Waals surface area contributed by atoms with Gasteiger partial charge in [-0.15, -0.1) is 0 Å². The standard InChI is InChI=1S/C15H12O3/c16-12-5-6-13(14(17)8-12)11-7-10-3-1-2-4-15(10)18-9-11/h1-8,16-17H,9H2. The van der Waals surface area contributed by atoms with Crippen LogP contribution in [0.4, 0.5) is 0 Å². The molecular formula is C15H12O3. The van der Waals surface area contributed by atoms with Crippen LogP contribution >= 0.6 is 0 Å². The van der Waals surface area contributed by atoms with Crippen LogP contribution in [0.25, 0.3) is 11.6 Å². The van der Waals surface area contributed by atoms with Crippen molar-refractivity contribution >= 4 is 11.6 Å². The SMILES string of the molecule is Oc1ccc(C2=Cc3ccccc3OC2)c(O)c1. The number of aromatic hydroxyl groups is 2. The lowest BCUT2D eigenvalue weighted by Gasteiger charge is -2.18. The predicted octanol–water partition coefficient (Wildman–Crippen LogP) is 3.03. The number of hydrogen-bond donors (Lipinski definition) is 2. The first-order valence-electron chi connectivity index (χ1n) is 5.69. The zero-order chi connectivity index (χ0) is 12.5. The van der Waals surface area contributed by atoms with Crippen LogP contribution in [0.5, 0.6) is 17.2 Å². The molecule has 2 N–H and O–H groups in total. The molecule has 0 saturated carbocycles. The van der Waals surface area contributed by atoms with Gasteiger partial charge in [0.2, 0.25) is 0 Å². The average Bonchev–Trinajstić information content (AvgIpc) is 2.38. The van der Waals surface area contributed by atoms with Crippen LogP contribution in [0.3, 0.4) is 0 Å². The Morgan fingerprint density at radius 2 is 1.83 bits per heavy atom. The summed E-state index contributed by atoms with van der Waals surface area (Å²) in [5.41, 5.74) is 2.57. The van der Waals surface area contributed by atoms with Gasteiger partial charge in [-0.2, -0.15) is 0 Å². The van der Waals surface area contributed by atoms with E-state index in [1.807, 2.05) is 30.3 Å². The molecule has 0 aliphatic carbocycles. The lowest BCUT2D eigenvalue weighted by Crippen LogP contribution is -2.06. The van der Waals surface area contributed by atoms with Crippen LogP contribution in [-0.4, -0.2) is 16.8 Å². The van der Waals surface area contributed by atoms with Crippen molar-refractivity contribution in [3.8, 4) is 17.2 Å². The van der Waals surface area contributed by atoms with Gasteiger partial charge in [0.1, 0.15) is 23.9 Å².